The minimum absolute atomic E-state index is 0.0899. The summed E-state index contributed by atoms with van der Waals surface area (Å²) in [6.45, 7) is 0.201. The zero-order chi connectivity index (χ0) is 21.7. The van der Waals surface area contributed by atoms with E-state index in [0.29, 0.717) is 22.4 Å². The van der Waals surface area contributed by atoms with Gasteiger partial charge < -0.3 is 9.84 Å². The molecule has 1 N–H and O–H groups in total. The Balaban J connectivity index is 1.77. The second-order valence-corrected chi connectivity index (χ2v) is 7.40. The maximum atomic E-state index is 12.8. The second kappa shape index (κ2) is 9.28. The van der Waals surface area contributed by atoms with E-state index in [1.54, 1.807) is 36.7 Å². The molecule has 0 bridgehead atoms. The van der Waals surface area contributed by atoms with Gasteiger partial charge in [-0.15, -0.1) is 0 Å². The first kappa shape index (κ1) is 21.8. The molecule has 154 valence electrons. The summed E-state index contributed by atoms with van der Waals surface area (Å²) in [6, 6.07) is 13.6. The molecular formula is C22H16BrF3N2O2. The van der Waals surface area contributed by atoms with E-state index in [0.717, 1.165) is 17.7 Å². The van der Waals surface area contributed by atoms with Crippen molar-refractivity contribution >= 4 is 15.9 Å². The van der Waals surface area contributed by atoms with Gasteiger partial charge in [-0.25, -0.2) is 0 Å². The molecule has 0 saturated heterocycles. The molecule has 1 atom stereocenters. The quantitative estimate of drug-likeness (QED) is 0.503. The van der Waals surface area contributed by atoms with Crippen molar-refractivity contribution in [2.75, 3.05) is 0 Å². The van der Waals surface area contributed by atoms with Crippen molar-refractivity contribution in [1.29, 1.82) is 5.26 Å². The van der Waals surface area contributed by atoms with Gasteiger partial charge in [0, 0.05) is 28.9 Å². The standard InChI is InChI=1S/C22H16BrF3N2O2/c23-19-10-18(22(24,25)26)6-5-15(19)8-20(29)16-3-4-17(11-27)21(9-16)30-13-14-2-1-7-28-12-14/h1-7,9-10,12,20,29H,8,13H2. The maximum Gasteiger partial charge on any atom is 0.416 e. The Hall–Kier alpha value is -2.89. The SMILES string of the molecule is N#Cc1ccc(C(O)Cc2ccc(C(F)(F)F)cc2Br)cc1OCc1cccnc1. The number of ether oxygens (including phenoxy) is 1. The van der Waals surface area contributed by atoms with Gasteiger partial charge in [0.1, 0.15) is 18.4 Å². The molecule has 0 saturated carbocycles. The summed E-state index contributed by atoms with van der Waals surface area (Å²) in [6.07, 6.45) is -2.06. The lowest BCUT2D eigenvalue weighted by Crippen LogP contribution is -2.07. The number of hydrogen-bond acceptors (Lipinski definition) is 4. The van der Waals surface area contributed by atoms with Crippen LogP contribution < -0.4 is 4.74 Å². The lowest BCUT2D eigenvalue weighted by Gasteiger charge is -2.16. The van der Waals surface area contributed by atoms with Crippen LogP contribution in [0.5, 0.6) is 5.75 Å². The zero-order valence-electron chi connectivity index (χ0n) is 15.5. The van der Waals surface area contributed by atoms with Crippen molar-refractivity contribution in [3.05, 3.63) is 93.2 Å². The molecule has 1 unspecified atom stereocenters. The van der Waals surface area contributed by atoms with Crippen molar-refractivity contribution in [2.24, 2.45) is 0 Å². The van der Waals surface area contributed by atoms with E-state index in [1.165, 1.54) is 6.07 Å². The normalized spacial score (nSPS) is 12.3. The van der Waals surface area contributed by atoms with Crippen LogP contribution in [0.25, 0.3) is 0 Å². The summed E-state index contributed by atoms with van der Waals surface area (Å²) in [4.78, 5) is 4.00. The van der Waals surface area contributed by atoms with Gasteiger partial charge in [-0.2, -0.15) is 18.4 Å². The number of aliphatic hydroxyl groups is 1. The van der Waals surface area contributed by atoms with Crippen LogP contribution in [-0.2, 0) is 19.2 Å². The molecule has 0 radical (unpaired) electrons. The van der Waals surface area contributed by atoms with Gasteiger partial charge in [-0.05, 0) is 41.5 Å². The van der Waals surface area contributed by atoms with Gasteiger partial charge in [-0.3, -0.25) is 4.98 Å². The van der Waals surface area contributed by atoms with E-state index in [4.69, 9.17) is 4.74 Å². The summed E-state index contributed by atoms with van der Waals surface area (Å²) in [7, 11) is 0. The van der Waals surface area contributed by atoms with Crippen molar-refractivity contribution in [2.45, 2.75) is 25.3 Å². The first-order chi connectivity index (χ1) is 14.3. The zero-order valence-corrected chi connectivity index (χ0v) is 17.1. The molecule has 1 aromatic heterocycles. The molecule has 0 aliphatic rings. The third-order valence-corrected chi connectivity index (χ3v) is 5.16. The number of alkyl halides is 3. The van der Waals surface area contributed by atoms with Gasteiger partial charge in [0.25, 0.3) is 0 Å². The van der Waals surface area contributed by atoms with Crippen LogP contribution in [0, 0.1) is 11.3 Å². The molecule has 0 aliphatic carbocycles. The Labute approximate surface area is 179 Å². The molecular weight excluding hydrogens is 461 g/mol. The van der Waals surface area contributed by atoms with Crippen molar-refractivity contribution in [3.8, 4) is 11.8 Å². The lowest BCUT2D eigenvalue weighted by molar-refractivity contribution is -0.137. The van der Waals surface area contributed by atoms with E-state index >= 15 is 0 Å². The minimum atomic E-state index is -4.44. The molecule has 0 aliphatic heterocycles. The number of halogens is 4. The lowest BCUT2D eigenvalue weighted by atomic mass is 9.99. The third-order valence-electron chi connectivity index (χ3n) is 4.42. The van der Waals surface area contributed by atoms with Crippen LogP contribution >= 0.6 is 15.9 Å². The van der Waals surface area contributed by atoms with Gasteiger partial charge in [0.2, 0.25) is 0 Å². The Kier molecular flexibility index (Phi) is 6.75. The predicted molar refractivity (Wildman–Crippen MR) is 108 cm³/mol. The molecule has 1 heterocycles. The smallest absolute Gasteiger partial charge is 0.416 e. The highest BCUT2D eigenvalue weighted by molar-refractivity contribution is 9.10. The van der Waals surface area contributed by atoms with E-state index in [9.17, 15) is 23.5 Å². The first-order valence-electron chi connectivity index (χ1n) is 8.87. The summed E-state index contributed by atoms with van der Waals surface area (Å²) >= 11 is 3.14. The Morgan fingerprint density at radius 3 is 2.60 bits per heavy atom. The predicted octanol–water partition coefficient (Wildman–Crippen LogP) is 5.59. The van der Waals surface area contributed by atoms with Crippen LogP contribution in [0.1, 0.15) is 33.9 Å². The van der Waals surface area contributed by atoms with Gasteiger partial charge in [0.15, 0.2) is 0 Å². The molecule has 0 amide bonds. The average molecular weight is 477 g/mol. The molecule has 0 spiro atoms. The number of rotatable bonds is 6. The number of nitriles is 1. The first-order valence-corrected chi connectivity index (χ1v) is 9.66. The number of benzene rings is 2. The maximum absolute atomic E-state index is 12.8. The van der Waals surface area contributed by atoms with Gasteiger partial charge >= 0.3 is 6.18 Å². The molecule has 0 fully saturated rings. The summed E-state index contributed by atoms with van der Waals surface area (Å²) in [5, 5.41) is 19.9. The van der Waals surface area contributed by atoms with E-state index in [1.807, 2.05) is 12.1 Å². The highest BCUT2D eigenvalue weighted by Gasteiger charge is 2.31. The van der Waals surface area contributed by atoms with Crippen molar-refractivity contribution < 1.29 is 23.0 Å². The van der Waals surface area contributed by atoms with E-state index in [2.05, 4.69) is 20.9 Å². The monoisotopic (exact) mass is 476 g/mol. The second-order valence-electron chi connectivity index (χ2n) is 6.54. The topological polar surface area (TPSA) is 66.1 Å². The Morgan fingerprint density at radius 2 is 1.97 bits per heavy atom. The summed E-state index contributed by atoms with van der Waals surface area (Å²) in [5.74, 6) is 0.310. The van der Waals surface area contributed by atoms with Crippen LogP contribution in [0.2, 0.25) is 0 Å². The Morgan fingerprint density at radius 1 is 1.17 bits per heavy atom. The van der Waals surface area contributed by atoms with E-state index in [-0.39, 0.29) is 17.5 Å². The number of hydrogen-bond donors (Lipinski definition) is 1. The minimum Gasteiger partial charge on any atom is -0.487 e. The van der Waals surface area contributed by atoms with Crippen LogP contribution in [0.3, 0.4) is 0 Å². The molecule has 4 nitrogen and oxygen atoms in total. The molecule has 3 rings (SSSR count). The number of aromatic nitrogens is 1. The van der Waals surface area contributed by atoms with E-state index < -0.39 is 17.8 Å². The van der Waals surface area contributed by atoms with Crippen LogP contribution in [0.4, 0.5) is 13.2 Å². The van der Waals surface area contributed by atoms with Crippen molar-refractivity contribution in [1.82, 2.24) is 4.98 Å². The fourth-order valence-corrected chi connectivity index (χ4v) is 3.36. The van der Waals surface area contributed by atoms with Gasteiger partial charge in [-0.1, -0.05) is 34.1 Å². The highest BCUT2D eigenvalue weighted by Crippen LogP contribution is 2.34. The average Bonchev–Trinajstić information content (AvgIpc) is 2.73. The molecule has 30 heavy (non-hydrogen) atoms. The summed E-state index contributed by atoms with van der Waals surface area (Å²) < 4.78 is 44.5. The van der Waals surface area contributed by atoms with Crippen molar-refractivity contribution in [3.63, 3.8) is 0 Å². The fraction of sp³-hybridized carbons (Fsp3) is 0.182. The number of nitrogens with zero attached hydrogens (tertiary/aromatic N) is 2. The largest absolute Gasteiger partial charge is 0.487 e. The fourth-order valence-electron chi connectivity index (χ4n) is 2.82. The molecule has 2 aromatic carbocycles. The molecule has 8 heteroatoms. The van der Waals surface area contributed by atoms with Crippen LogP contribution in [-0.4, -0.2) is 10.1 Å². The molecule has 3 aromatic rings. The number of aliphatic hydroxyl groups excluding tert-OH is 1. The van der Waals surface area contributed by atoms with Crippen LogP contribution in [0.15, 0.2) is 65.4 Å². The van der Waals surface area contributed by atoms with Gasteiger partial charge in [0.05, 0.1) is 17.2 Å². The Bertz CT molecular complexity index is 1070. The highest BCUT2D eigenvalue weighted by atomic mass is 79.9. The summed E-state index contributed by atoms with van der Waals surface area (Å²) in [5.41, 5.74) is 1.38. The number of pyridine rings is 1. The third kappa shape index (κ3) is 5.38.